The van der Waals surface area contributed by atoms with Crippen LogP contribution in [-0.2, 0) is 6.42 Å². The van der Waals surface area contributed by atoms with Crippen LogP contribution in [0.25, 0.3) is 0 Å². The standard InChI is InChI=1S/C13H20ClNO/c1-3-12(10-14)15-9-8-11-4-6-13(16-2)7-5-11/h4-7,12,15H,3,8-10H2,1-2H3. The second kappa shape index (κ2) is 7.53. The van der Waals surface area contributed by atoms with Crippen molar-refractivity contribution >= 4 is 11.6 Å². The molecule has 1 rings (SSSR count). The zero-order valence-electron chi connectivity index (χ0n) is 10.0. The lowest BCUT2D eigenvalue weighted by Gasteiger charge is -2.13. The Morgan fingerprint density at radius 1 is 1.31 bits per heavy atom. The van der Waals surface area contributed by atoms with E-state index in [-0.39, 0.29) is 0 Å². The van der Waals surface area contributed by atoms with E-state index in [9.17, 15) is 0 Å². The van der Waals surface area contributed by atoms with Gasteiger partial charge in [0.1, 0.15) is 5.75 Å². The minimum atomic E-state index is 0.430. The fourth-order valence-corrected chi connectivity index (χ4v) is 1.85. The summed E-state index contributed by atoms with van der Waals surface area (Å²) in [4.78, 5) is 0. The van der Waals surface area contributed by atoms with Gasteiger partial charge in [0.2, 0.25) is 0 Å². The quantitative estimate of drug-likeness (QED) is 0.742. The zero-order valence-corrected chi connectivity index (χ0v) is 10.8. The van der Waals surface area contributed by atoms with Crippen LogP contribution < -0.4 is 10.1 Å². The molecule has 0 amide bonds. The Kier molecular flexibility index (Phi) is 6.27. The van der Waals surface area contributed by atoms with Crippen LogP contribution in [0.4, 0.5) is 0 Å². The van der Waals surface area contributed by atoms with E-state index in [1.165, 1.54) is 5.56 Å². The Morgan fingerprint density at radius 3 is 2.50 bits per heavy atom. The van der Waals surface area contributed by atoms with Crippen LogP contribution >= 0.6 is 11.6 Å². The highest BCUT2D eigenvalue weighted by Gasteiger charge is 2.02. The largest absolute Gasteiger partial charge is 0.497 e. The van der Waals surface area contributed by atoms with Gasteiger partial charge in [-0.05, 0) is 37.1 Å². The van der Waals surface area contributed by atoms with Crippen molar-refractivity contribution in [3.63, 3.8) is 0 Å². The topological polar surface area (TPSA) is 21.3 Å². The third kappa shape index (κ3) is 4.42. The maximum atomic E-state index is 5.81. The smallest absolute Gasteiger partial charge is 0.118 e. The van der Waals surface area contributed by atoms with Crippen LogP contribution in [0.1, 0.15) is 18.9 Å². The molecule has 3 heteroatoms. The fraction of sp³-hybridized carbons (Fsp3) is 0.538. The molecule has 0 saturated carbocycles. The first-order valence-electron chi connectivity index (χ1n) is 5.72. The third-order valence-corrected chi connectivity index (χ3v) is 3.06. The van der Waals surface area contributed by atoms with Crippen molar-refractivity contribution in [3.05, 3.63) is 29.8 Å². The summed E-state index contributed by atoms with van der Waals surface area (Å²) in [5.41, 5.74) is 1.32. The molecule has 1 unspecified atom stereocenters. The normalized spacial score (nSPS) is 12.4. The number of halogens is 1. The van der Waals surface area contributed by atoms with Gasteiger partial charge in [-0.25, -0.2) is 0 Å². The Hall–Kier alpha value is -0.730. The predicted octanol–water partition coefficient (Wildman–Crippen LogP) is 2.84. The minimum Gasteiger partial charge on any atom is -0.497 e. The molecule has 16 heavy (non-hydrogen) atoms. The fourth-order valence-electron chi connectivity index (χ4n) is 1.52. The summed E-state index contributed by atoms with van der Waals surface area (Å²) in [6, 6.07) is 8.62. The van der Waals surface area contributed by atoms with E-state index in [0.717, 1.165) is 25.1 Å². The van der Waals surface area contributed by atoms with Gasteiger partial charge < -0.3 is 10.1 Å². The first-order valence-corrected chi connectivity index (χ1v) is 6.25. The van der Waals surface area contributed by atoms with Gasteiger partial charge in [0, 0.05) is 11.9 Å². The molecule has 90 valence electrons. The summed E-state index contributed by atoms with van der Waals surface area (Å²) < 4.78 is 5.11. The molecule has 1 aromatic rings. The molecule has 0 aliphatic heterocycles. The number of nitrogens with one attached hydrogen (secondary N) is 1. The molecular formula is C13H20ClNO. The monoisotopic (exact) mass is 241 g/mol. The second-order valence-corrected chi connectivity index (χ2v) is 4.12. The lowest BCUT2D eigenvalue weighted by Crippen LogP contribution is -2.31. The highest BCUT2D eigenvalue weighted by atomic mass is 35.5. The Morgan fingerprint density at radius 2 is 2.00 bits per heavy atom. The number of hydrogen-bond donors (Lipinski definition) is 1. The third-order valence-electron chi connectivity index (χ3n) is 2.68. The van der Waals surface area contributed by atoms with E-state index >= 15 is 0 Å². The van der Waals surface area contributed by atoms with Crippen LogP contribution in [0, 0.1) is 0 Å². The molecule has 0 fully saturated rings. The number of ether oxygens (including phenoxy) is 1. The number of rotatable bonds is 7. The van der Waals surface area contributed by atoms with Crippen LogP contribution in [0.3, 0.4) is 0 Å². The van der Waals surface area contributed by atoms with Crippen molar-refractivity contribution < 1.29 is 4.74 Å². The number of alkyl halides is 1. The second-order valence-electron chi connectivity index (χ2n) is 3.81. The van der Waals surface area contributed by atoms with Crippen molar-refractivity contribution in [1.29, 1.82) is 0 Å². The highest BCUT2D eigenvalue weighted by molar-refractivity contribution is 6.18. The lowest BCUT2D eigenvalue weighted by molar-refractivity contribution is 0.414. The zero-order chi connectivity index (χ0) is 11.8. The predicted molar refractivity (Wildman–Crippen MR) is 69.5 cm³/mol. The van der Waals surface area contributed by atoms with E-state index in [4.69, 9.17) is 16.3 Å². The highest BCUT2D eigenvalue weighted by Crippen LogP contribution is 2.11. The first-order chi connectivity index (χ1) is 7.80. The summed E-state index contributed by atoms with van der Waals surface area (Å²) in [5, 5.41) is 3.43. The maximum absolute atomic E-state index is 5.81. The molecule has 0 aliphatic rings. The molecule has 0 bridgehead atoms. The summed E-state index contributed by atoms with van der Waals surface area (Å²) >= 11 is 5.81. The van der Waals surface area contributed by atoms with E-state index in [1.807, 2.05) is 12.1 Å². The van der Waals surface area contributed by atoms with E-state index < -0.39 is 0 Å². The SMILES string of the molecule is CCC(CCl)NCCc1ccc(OC)cc1. The van der Waals surface area contributed by atoms with E-state index in [0.29, 0.717) is 11.9 Å². The van der Waals surface area contributed by atoms with E-state index in [1.54, 1.807) is 7.11 Å². The van der Waals surface area contributed by atoms with Crippen molar-refractivity contribution in [2.24, 2.45) is 0 Å². The summed E-state index contributed by atoms with van der Waals surface area (Å²) in [5.74, 6) is 1.59. The molecule has 0 heterocycles. The summed E-state index contributed by atoms with van der Waals surface area (Å²) in [6.45, 7) is 3.12. The summed E-state index contributed by atoms with van der Waals surface area (Å²) in [6.07, 6.45) is 2.10. The molecule has 0 aliphatic carbocycles. The Labute approximate surface area is 103 Å². The van der Waals surface area contributed by atoms with Gasteiger partial charge in [-0.1, -0.05) is 19.1 Å². The number of methoxy groups -OCH3 is 1. The van der Waals surface area contributed by atoms with Gasteiger partial charge in [0.15, 0.2) is 0 Å². The van der Waals surface area contributed by atoms with E-state index in [2.05, 4.69) is 24.4 Å². The average molecular weight is 242 g/mol. The van der Waals surface area contributed by atoms with Crippen LogP contribution in [-0.4, -0.2) is 25.6 Å². The van der Waals surface area contributed by atoms with Gasteiger partial charge in [0.25, 0.3) is 0 Å². The van der Waals surface area contributed by atoms with Crippen molar-refractivity contribution in [1.82, 2.24) is 5.32 Å². The van der Waals surface area contributed by atoms with Crippen LogP contribution in [0.15, 0.2) is 24.3 Å². The molecule has 1 aromatic carbocycles. The molecule has 0 saturated heterocycles. The molecule has 2 nitrogen and oxygen atoms in total. The van der Waals surface area contributed by atoms with Gasteiger partial charge in [-0.3, -0.25) is 0 Å². The first kappa shape index (κ1) is 13.3. The van der Waals surface area contributed by atoms with Gasteiger partial charge in [0.05, 0.1) is 7.11 Å². The number of benzene rings is 1. The van der Waals surface area contributed by atoms with Gasteiger partial charge in [-0.2, -0.15) is 0 Å². The minimum absolute atomic E-state index is 0.430. The Balaban J connectivity index is 2.31. The van der Waals surface area contributed by atoms with Crippen molar-refractivity contribution in [2.45, 2.75) is 25.8 Å². The summed E-state index contributed by atoms with van der Waals surface area (Å²) in [7, 11) is 1.68. The molecule has 0 spiro atoms. The molecule has 1 atom stereocenters. The maximum Gasteiger partial charge on any atom is 0.118 e. The molecule has 1 N–H and O–H groups in total. The van der Waals surface area contributed by atoms with Crippen molar-refractivity contribution in [2.75, 3.05) is 19.5 Å². The van der Waals surface area contributed by atoms with Crippen LogP contribution in [0.5, 0.6) is 5.75 Å². The Bertz CT molecular complexity index is 282. The lowest BCUT2D eigenvalue weighted by atomic mass is 10.1. The van der Waals surface area contributed by atoms with Gasteiger partial charge >= 0.3 is 0 Å². The molecular weight excluding hydrogens is 222 g/mol. The average Bonchev–Trinajstić information content (AvgIpc) is 2.35. The molecule has 0 aromatic heterocycles. The number of hydrogen-bond acceptors (Lipinski definition) is 2. The molecule has 0 radical (unpaired) electrons. The van der Waals surface area contributed by atoms with Crippen molar-refractivity contribution in [3.8, 4) is 5.75 Å². The van der Waals surface area contributed by atoms with Crippen LogP contribution in [0.2, 0.25) is 0 Å². The van der Waals surface area contributed by atoms with Gasteiger partial charge in [-0.15, -0.1) is 11.6 Å².